The Kier molecular flexibility index (Phi) is 6.05. The van der Waals surface area contributed by atoms with Gasteiger partial charge in [-0.2, -0.15) is 17.4 Å². The van der Waals surface area contributed by atoms with E-state index in [1.165, 1.54) is 0 Å². The molecule has 2 N–H and O–H groups in total. The minimum absolute atomic E-state index is 0.135. The van der Waals surface area contributed by atoms with Crippen LogP contribution in [0.2, 0.25) is 0 Å². The van der Waals surface area contributed by atoms with Gasteiger partial charge in [0.25, 0.3) is 10.2 Å². The molecular formula is C15H31N3O2S. The summed E-state index contributed by atoms with van der Waals surface area (Å²) in [5.74, 6) is 1.07. The molecule has 0 bridgehead atoms. The largest absolute Gasteiger partial charge is 0.314 e. The Bertz CT molecular complexity index is 417. The first kappa shape index (κ1) is 17.2. The molecule has 1 aliphatic carbocycles. The first-order valence-corrected chi connectivity index (χ1v) is 9.83. The van der Waals surface area contributed by atoms with Crippen LogP contribution in [0.15, 0.2) is 0 Å². The first-order valence-electron chi connectivity index (χ1n) is 8.39. The molecule has 1 aliphatic heterocycles. The Hall–Kier alpha value is -0.170. The quantitative estimate of drug-likeness (QED) is 0.784. The van der Waals surface area contributed by atoms with Crippen molar-refractivity contribution in [2.24, 2.45) is 11.8 Å². The van der Waals surface area contributed by atoms with Gasteiger partial charge in [-0.05, 0) is 44.1 Å². The van der Waals surface area contributed by atoms with E-state index in [0.717, 1.165) is 38.6 Å². The van der Waals surface area contributed by atoms with Gasteiger partial charge in [-0.15, -0.1) is 0 Å². The maximum atomic E-state index is 12.5. The van der Waals surface area contributed by atoms with Crippen LogP contribution < -0.4 is 10.0 Å². The van der Waals surface area contributed by atoms with E-state index in [1.807, 2.05) is 0 Å². The topological polar surface area (TPSA) is 61.4 Å². The van der Waals surface area contributed by atoms with E-state index in [4.69, 9.17) is 0 Å². The predicted molar refractivity (Wildman–Crippen MR) is 86.3 cm³/mol. The molecule has 21 heavy (non-hydrogen) atoms. The third-order valence-corrected chi connectivity index (χ3v) is 6.54. The van der Waals surface area contributed by atoms with Crippen LogP contribution in [0.1, 0.15) is 52.9 Å². The molecule has 2 fully saturated rings. The average Bonchev–Trinajstić information content (AvgIpc) is 2.82. The van der Waals surface area contributed by atoms with Gasteiger partial charge in [-0.25, -0.2) is 0 Å². The summed E-state index contributed by atoms with van der Waals surface area (Å²) in [6.45, 7) is 8.74. The van der Waals surface area contributed by atoms with Crippen LogP contribution in [0.5, 0.6) is 0 Å². The van der Waals surface area contributed by atoms with Gasteiger partial charge in [-0.3, -0.25) is 0 Å². The lowest BCUT2D eigenvalue weighted by Crippen LogP contribution is -2.49. The van der Waals surface area contributed by atoms with Crippen molar-refractivity contribution in [3.63, 3.8) is 0 Å². The summed E-state index contributed by atoms with van der Waals surface area (Å²) in [6.07, 6.45) is 5.17. The highest BCUT2D eigenvalue weighted by atomic mass is 32.2. The highest BCUT2D eigenvalue weighted by molar-refractivity contribution is 7.87. The molecule has 0 aromatic carbocycles. The fourth-order valence-electron chi connectivity index (χ4n) is 3.34. The Morgan fingerprint density at radius 2 is 1.81 bits per heavy atom. The summed E-state index contributed by atoms with van der Waals surface area (Å²) >= 11 is 0. The second-order valence-electron chi connectivity index (χ2n) is 7.04. The molecule has 0 radical (unpaired) electrons. The van der Waals surface area contributed by atoms with Crippen molar-refractivity contribution < 1.29 is 8.42 Å². The van der Waals surface area contributed by atoms with Crippen LogP contribution in [-0.4, -0.2) is 44.4 Å². The molecule has 1 saturated carbocycles. The van der Waals surface area contributed by atoms with Crippen molar-refractivity contribution >= 4 is 10.2 Å². The summed E-state index contributed by atoms with van der Waals surface area (Å²) in [5.41, 5.74) is 0. The normalized spacial score (nSPS) is 29.3. The minimum Gasteiger partial charge on any atom is -0.314 e. The molecule has 2 aliphatic rings. The van der Waals surface area contributed by atoms with E-state index >= 15 is 0 Å². The van der Waals surface area contributed by atoms with Gasteiger partial charge in [0.1, 0.15) is 0 Å². The van der Waals surface area contributed by atoms with Crippen LogP contribution in [0.25, 0.3) is 0 Å². The molecule has 2 atom stereocenters. The Labute approximate surface area is 130 Å². The summed E-state index contributed by atoms with van der Waals surface area (Å²) < 4.78 is 29.5. The lowest BCUT2D eigenvalue weighted by Gasteiger charge is -2.33. The molecule has 124 valence electrons. The van der Waals surface area contributed by atoms with Gasteiger partial charge >= 0.3 is 0 Å². The van der Waals surface area contributed by atoms with Crippen molar-refractivity contribution in [2.75, 3.05) is 19.6 Å². The third-order valence-electron chi connectivity index (χ3n) is 4.89. The maximum Gasteiger partial charge on any atom is 0.279 e. The summed E-state index contributed by atoms with van der Waals surface area (Å²) in [4.78, 5) is 0. The van der Waals surface area contributed by atoms with Gasteiger partial charge in [-0.1, -0.05) is 27.2 Å². The van der Waals surface area contributed by atoms with E-state index in [9.17, 15) is 8.42 Å². The smallest absolute Gasteiger partial charge is 0.279 e. The second kappa shape index (κ2) is 7.40. The molecule has 0 amide bonds. The zero-order chi connectivity index (χ0) is 15.5. The number of nitrogens with zero attached hydrogens (tertiary/aromatic N) is 1. The van der Waals surface area contributed by atoms with Gasteiger partial charge in [0.2, 0.25) is 0 Å². The first-order chi connectivity index (χ1) is 9.88. The standard InChI is InChI=1S/C15H31N3O2S/c1-12(2)16-11-14-7-9-18(10-8-14)21(19,20)17-15-6-4-5-13(15)3/h12-17H,4-11H2,1-3H3. The predicted octanol–water partition coefficient (Wildman–Crippen LogP) is 1.72. The molecule has 1 saturated heterocycles. The van der Waals surface area contributed by atoms with E-state index in [2.05, 4.69) is 30.8 Å². The van der Waals surface area contributed by atoms with Crippen molar-refractivity contribution in [1.82, 2.24) is 14.3 Å². The van der Waals surface area contributed by atoms with Crippen molar-refractivity contribution in [1.29, 1.82) is 0 Å². The Morgan fingerprint density at radius 3 is 2.33 bits per heavy atom. The van der Waals surface area contributed by atoms with Gasteiger partial charge in [0.15, 0.2) is 0 Å². The monoisotopic (exact) mass is 317 g/mol. The van der Waals surface area contributed by atoms with Gasteiger partial charge in [0, 0.05) is 25.2 Å². The highest BCUT2D eigenvalue weighted by Crippen LogP contribution is 2.26. The Balaban J connectivity index is 1.80. The summed E-state index contributed by atoms with van der Waals surface area (Å²) in [6, 6.07) is 0.632. The molecule has 1 heterocycles. The minimum atomic E-state index is -3.29. The number of nitrogens with one attached hydrogen (secondary N) is 2. The van der Waals surface area contributed by atoms with Crippen molar-refractivity contribution in [3.05, 3.63) is 0 Å². The zero-order valence-corrected chi connectivity index (χ0v) is 14.5. The molecule has 0 spiro atoms. The van der Waals surface area contributed by atoms with E-state index < -0.39 is 10.2 Å². The molecule has 2 unspecified atom stereocenters. The average molecular weight is 317 g/mol. The van der Waals surface area contributed by atoms with Crippen LogP contribution in [0, 0.1) is 11.8 Å². The lowest BCUT2D eigenvalue weighted by atomic mass is 9.98. The van der Waals surface area contributed by atoms with Crippen LogP contribution >= 0.6 is 0 Å². The van der Waals surface area contributed by atoms with Crippen molar-refractivity contribution in [2.45, 2.75) is 65.0 Å². The van der Waals surface area contributed by atoms with Gasteiger partial charge in [0.05, 0.1) is 0 Å². The van der Waals surface area contributed by atoms with Crippen LogP contribution in [0.4, 0.5) is 0 Å². The van der Waals surface area contributed by atoms with Crippen LogP contribution in [-0.2, 0) is 10.2 Å². The van der Waals surface area contributed by atoms with E-state index in [-0.39, 0.29) is 6.04 Å². The van der Waals surface area contributed by atoms with E-state index in [1.54, 1.807) is 4.31 Å². The lowest BCUT2D eigenvalue weighted by molar-refractivity contribution is 0.259. The number of piperidine rings is 1. The number of rotatable bonds is 6. The van der Waals surface area contributed by atoms with Crippen molar-refractivity contribution in [3.8, 4) is 0 Å². The molecule has 6 heteroatoms. The molecule has 2 rings (SSSR count). The summed E-state index contributed by atoms with van der Waals surface area (Å²) in [5, 5.41) is 3.45. The maximum absolute atomic E-state index is 12.5. The Morgan fingerprint density at radius 1 is 1.14 bits per heavy atom. The SMILES string of the molecule is CC(C)NCC1CCN(S(=O)(=O)NC2CCCC2C)CC1. The van der Waals surface area contributed by atoms with Gasteiger partial charge < -0.3 is 5.32 Å². The van der Waals surface area contributed by atoms with Crippen LogP contribution in [0.3, 0.4) is 0 Å². The van der Waals surface area contributed by atoms with E-state index in [0.29, 0.717) is 31.0 Å². The highest BCUT2D eigenvalue weighted by Gasteiger charge is 2.32. The zero-order valence-electron chi connectivity index (χ0n) is 13.6. The fraction of sp³-hybridized carbons (Fsp3) is 1.00. The molecular weight excluding hydrogens is 286 g/mol. The number of hydrogen-bond acceptors (Lipinski definition) is 3. The summed E-state index contributed by atoms with van der Waals surface area (Å²) in [7, 11) is -3.29. The molecule has 5 nitrogen and oxygen atoms in total. The molecule has 0 aromatic heterocycles. The fourth-order valence-corrected chi connectivity index (χ4v) is 4.92. The number of hydrogen-bond donors (Lipinski definition) is 2. The second-order valence-corrected chi connectivity index (χ2v) is 8.75. The third kappa shape index (κ3) is 4.91. The molecule has 0 aromatic rings.